The zero-order chi connectivity index (χ0) is 20.9. The second-order valence-electron chi connectivity index (χ2n) is 6.98. The Morgan fingerprint density at radius 3 is 2.31 bits per heavy atom. The average Bonchev–Trinajstić information content (AvgIpc) is 3.16. The van der Waals surface area contributed by atoms with Crippen LogP contribution in [0.1, 0.15) is 26.0 Å². The molecule has 2 N–H and O–H groups in total. The van der Waals surface area contributed by atoms with Crippen molar-refractivity contribution >= 4 is 21.6 Å². The molecule has 0 fully saturated rings. The molecule has 1 amide bonds. The number of amides is 1. The van der Waals surface area contributed by atoms with Gasteiger partial charge in [0.2, 0.25) is 15.9 Å². The molecule has 0 bridgehead atoms. The fraction of sp³-hybridized carbons (Fsp3) is 0.227. The third kappa shape index (κ3) is 5.79. The number of carbonyl (C=O) groups excluding carboxylic acids is 1. The van der Waals surface area contributed by atoms with Crippen LogP contribution in [-0.2, 0) is 21.2 Å². The highest BCUT2D eigenvalue weighted by Crippen LogP contribution is 2.22. The second-order valence-corrected chi connectivity index (χ2v) is 8.69. The first-order valence-electron chi connectivity index (χ1n) is 9.40. The predicted octanol–water partition coefficient (Wildman–Crippen LogP) is 4.20. The number of benzene rings is 2. The Hall–Kier alpha value is -2.90. The van der Waals surface area contributed by atoms with E-state index in [1.54, 1.807) is 26.0 Å². The maximum atomic E-state index is 12.2. The lowest BCUT2D eigenvalue weighted by molar-refractivity contribution is -0.116. The van der Waals surface area contributed by atoms with Crippen LogP contribution < -0.4 is 10.0 Å². The fourth-order valence-corrected chi connectivity index (χ4v) is 4.08. The van der Waals surface area contributed by atoms with Crippen molar-refractivity contribution in [2.75, 3.05) is 5.32 Å². The van der Waals surface area contributed by atoms with Crippen LogP contribution in [0.4, 0.5) is 5.69 Å². The molecule has 6 nitrogen and oxygen atoms in total. The van der Waals surface area contributed by atoms with Gasteiger partial charge in [0.05, 0.1) is 4.90 Å². The first-order chi connectivity index (χ1) is 13.8. The number of hydrogen-bond acceptors (Lipinski definition) is 4. The lowest BCUT2D eigenvalue weighted by Gasteiger charge is -2.10. The van der Waals surface area contributed by atoms with E-state index in [0.717, 1.165) is 17.1 Å². The van der Waals surface area contributed by atoms with E-state index in [1.165, 1.54) is 12.1 Å². The van der Waals surface area contributed by atoms with Gasteiger partial charge in [-0.1, -0.05) is 30.3 Å². The van der Waals surface area contributed by atoms with Gasteiger partial charge in [-0.05, 0) is 50.2 Å². The molecule has 1 heterocycles. The van der Waals surface area contributed by atoms with Crippen LogP contribution in [0.15, 0.2) is 76.0 Å². The van der Waals surface area contributed by atoms with E-state index in [-0.39, 0.29) is 23.3 Å². The fourth-order valence-electron chi connectivity index (χ4n) is 2.83. The molecule has 0 saturated heterocycles. The van der Waals surface area contributed by atoms with Crippen LogP contribution in [-0.4, -0.2) is 20.4 Å². The summed E-state index contributed by atoms with van der Waals surface area (Å²) in [5.41, 5.74) is 1.54. The van der Waals surface area contributed by atoms with Crippen molar-refractivity contribution in [3.8, 4) is 11.3 Å². The lowest BCUT2D eigenvalue weighted by Crippen LogP contribution is -2.30. The minimum Gasteiger partial charge on any atom is -0.461 e. The molecule has 2 aromatic carbocycles. The standard InChI is InChI=1S/C22H24N2O4S/c1-16(2)24-29(26,27)20-12-8-18(9-13-20)23-22(25)15-11-19-10-14-21(28-19)17-6-4-3-5-7-17/h3-10,12-14,16,24H,11,15H2,1-2H3,(H,23,25). The van der Waals surface area contributed by atoms with Crippen molar-refractivity contribution < 1.29 is 17.6 Å². The summed E-state index contributed by atoms with van der Waals surface area (Å²) in [5.74, 6) is 1.34. The molecular formula is C22H24N2O4S. The highest BCUT2D eigenvalue weighted by atomic mass is 32.2. The number of rotatable bonds is 8. The monoisotopic (exact) mass is 412 g/mol. The molecule has 0 atom stereocenters. The lowest BCUT2D eigenvalue weighted by atomic mass is 10.2. The van der Waals surface area contributed by atoms with Crippen molar-refractivity contribution in [1.82, 2.24) is 4.72 Å². The second kappa shape index (κ2) is 9.07. The van der Waals surface area contributed by atoms with Crippen LogP contribution >= 0.6 is 0 Å². The topological polar surface area (TPSA) is 88.4 Å². The SMILES string of the molecule is CC(C)NS(=O)(=O)c1ccc(NC(=O)CCc2ccc(-c3ccccc3)o2)cc1. The third-order valence-corrected chi connectivity index (χ3v) is 5.83. The molecule has 0 saturated carbocycles. The average molecular weight is 413 g/mol. The molecule has 0 unspecified atom stereocenters. The minimum absolute atomic E-state index is 0.160. The van der Waals surface area contributed by atoms with E-state index in [1.807, 2.05) is 42.5 Å². The Kier molecular flexibility index (Phi) is 6.51. The van der Waals surface area contributed by atoms with Crippen LogP contribution in [0.2, 0.25) is 0 Å². The predicted molar refractivity (Wildman–Crippen MR) is 113 cm³/mol. The quantitative estimate of drug-likeness (QED) is 0.580. The molecule has 7 heteroatoms. The normalized spacial score (nSPS) is 11.6. The maximum Gasteiger partial charge on any atom is 0.240 e. The van der Waals surface area contributed by atoms with Crippen LogP contribution in [0.25, 0.3) is 11.3 Å². The van der Waals surface area contributed by atoms with Crippen molar-refractivity contribution in [3.05, 3.63) is 72.5 Å². The largest absolute Gasteiger partial charge is 0.461 e. The maximum absolute atomic E-state index is 12.2. The van der Waals surface area contributed by atoms with Gasteiger partial charge in [0.25, 0.3) is 0 Å². The summed E-state index contributed by atoms with van der Waals surface area (Å²) in [5, 5.41) is 2.77. The smallest absolute Gasteiger partial charge is 0.240 e. The number of sulfonamides is 1. The third-order valence-electron chi connectivity index (χ3n) is 4.16. The van der Waals surface area contributed by atoms with E-state index < -0.39 is 10.0 Å². The van der Waals surface area contributed by atoms with E-state index in [9.17, 15) is 13.2 Å². The van der Waals surface area contributed by atoms with Crippen molar-refractivity contribution in [2.24, 2.45) is 0 Å². The number of carbonyl (C=O) groups is 1. The highest BCUT2D eigenvalue weighted by Gasteiger charge is 2.15. The van der Waals surface area contributed by atoms with E-state index >= 15 is 0 Å². The van der Waals surface area contributed by atoms with Crippen LogP contribution in [0.5, 0.6) is 0 Å². The number of nitrogens with one attached hydrogen (secondary N) is 2. The van der Waals surface area contributed by atoms with Gasteiger partial charge in [-0.25, -0.2) is 13.1 Å². The molecule has 0 radical (unpaired) electrons. The molecule has 3 aromatic rings. The highest BCUT2D eigenvalue weighted by molar-refractivity contribution is 7.89. The zero-order valence-corrected chi connectivity index (χ0v) is 17.2. The van der Waals surface area contributed by atoms with Crippen LogP contribution in [0.3, 0.4) is 0 Å². The molecule has 1 aromatic heterocycles. The summed E-state index contributed by atoms with van der Waals surface area (Å²) in [6.45, 7) is 3.52. The molecule has 0 aliphatic heterocycles. The Morgan fingerprint density at radius 1 is 0.966 bits per heavy atom. The molecule has 3 rings (SSSR count). The zero-order valence-electron chi connectivity index (χ0n) is 16.4. The van der Waals surface area contributed by atoms with Gasteiger partial charge in [-0.3, -0.25) is 4.79 Å². The van der Waals surface area contributed by atoms with Gasteiger partial charge < -0.3 is 9.73 Å². The number of furan rings is 1. The summed E-state index contributed by atoms with van der Waals surface area (Å²) in [6.07, 6.45) is 0.736. The van der Waals surface area contributed by atoms with Crippen molar-refractivity contribution in [3.63, 3.8) is 0 Å². The number of hydrogen-bond donors (Lipinski definition) is 2. The van der Waals surface area contributed by atoms with Crippen molar-refractivity contribution in [1.29, 1.82) is 0 Å². The molecule has 152 valence electrons. The first-order valence-corrected chi connectivity index (χ1v) is 10.9. The van der Waals surface area contributed by atoms with E-state index in [2.05, 4.69) is 10.0 Å². The van der Waals surface area contributed by atoms with Gasteiger partial charge in [0.1, 0.15) is 11.5 Å². The minimum atomic E-state index is -3.55. The summed E-state index contributed by atoms with van der Waals surface area (Å²) < 4.78 is 32.6. The summed E-state index contributed by atoms with van der Waals surface area (Å²) in [4.78, 5) is 12.4. The van der Waals surface area contributed by atoms with Gasteiger partial charge in [0.15, 0.2) is 0 Å². The van der Waals surface area contributed by atoms with E-state index in [4.69, 9.17) is 4.42 Å². The van der Waals surface area contributed by atoms with Gasteiger partial charge >= 0.3 is 0 Å². The molecule has 0 aliphatic carbocycles. The Bertz CT molecular complexity index is 1060. The van der Waals surface area contributed by atoms with Crippen molar-refractivity contribution in [2.45, 2.75) is 37.6 Å². The summed E-state index contributed by atoms with van der Waals surface area (Å²) in [7, 11) is -3.55. The number of aryl methyl sites for hydroxylation is 1. The Labute approximate surface area is 171 Å². The Morgan fingerprint density at radius 2 is 1.66 bits per heavy atom. The molecule has 0 spiro atoms. The van der Waals surface area contributed by atoms with Crippen LogP contribution in [0, 0.1) is 0 Å². The van der Waals surface area contributed by atoms with Gasteiger partial charge in [0, 0.05) is 30.1 Å². The number of anilines is 1. The molecular weight excluding hydrogens is 388 g/mol. The van der Waals surface area contributed by atoms with Gasteiger partial charge in [-0.2, -0.15) is 0 Å². The molecule has 29 heavy (non-hydrogen) atoms. The van der Waals surface area contributed by atoms with E-state index in [0.29, 0.717) is 12.1 Å². The first kappa shape index (κ1) is 20.8. The summed E-state index contributed by atoms with van der Waals surface area (Å²) in [6, 6.07) is 19.4. The summed E-state index contributed by atoms with van der Waals surface area (Å²) >= 11 is 0. The molecule has 0 aliphatic rings. The van der Waals surface area contributed by atoms with Gasteiger partial charge in [-0.15, -0.1) is 0 Å². The Balaban J connectivity index is 1.54.